The molecule has 23 heavy (non-hydrogen) atoms. The van der Waals surface area contributed by atoms with Crippen molar-refractivity contribution in [3.63, 3.8) is 0 Å². The van der Waals surface area contributed by atoms with E-state index in [1.807, 2.05) is 75.5 Å². The third kappa shape index (κ3) is 5.66. The Morgan fingerprint density at radius 1 is 1.09 bits per heavy atom. The van der Waals surface area contributed by atoms with Gasteiger partial charge in [-0.3, -0.25) is 4.79 Å². The molecule has 0 aliphatic heterocycles. The Kier molecular flexibility index (Phi) is 6.03. The average molecular weight is 312 g/mol. The predicted molar refractivity (Wildman–Crippen MR) is 95.2 cm³/mol. The van der Waals surface area contributed by atoms with Crippen LogP contribution in [0, 0.1) is 0 Å². The van der Waals surface area contributed by atoms with Crippen molar-refractivity contribution in [2.24, 2.45) is 0 Å². The Morgan fingerprint density at radius 3 is 2.35 bits per heavy atom. The summed E-state index contributed by atoms with van der Waals surface area (Å²) in [6.45, 7) is 4.64. The molecule has 0 bridgehead atoms. The number of carbonyl (C=O) groups excluding carboxylic acids is 1. The Balaban J connectivity index is 1.80. The molecule has 0 heterocycles. The van der Waals surface area contributed by atoms with Crippen LogP contribution in [0.1, 0.15) is 20.3 Å². The second-order valence-corrected chi connectivity index (χ2v) is 5.75. The highest BCUT2D eigenvalue weighted by Gasteiger charge is 2.06. The number of amides is 1. The Hall–Kier alpha value is -2.49. The molecule has 2 aromatic carbocycles. The lowest BCUT2D eigenvalue weighted by molar-refractivity contribution is -0.116. The van der Waals surface area contributed by atoms with Gasteiger partial charge in [0.1, 0.15) is 5.75 Å². The minimum absolute atomic E-state index is 0.00492. The minimum atomic E-state index is 0.00492. The summed E-state index contributed by atoms with van der Waals surface area (Å²) in [6.07, 6.45) is 0.583. The molecule has 0 saturated carbocycles. The molecule has 0 aliphatic rings. The maximum Gasteiger partial charge on any atom is 0.226 e. The molecule has 0 fully saturated rings. The Labute approximate surface area is 138 Å². The van der Waals surface area contributed by atoms with E-state index in [2.05, 4.69) is 10.2 Å². The summed E-state index contributed by atoms with van der Waals surface area (Å²) in [5, 5.41) is 2.91. The molecule has 1 N–H and O–H groups in total. The van der Waals surface area contributed by atoms with Gasteiger partial charge in [0.2, 0.25) is 5.91 Å². The van der Waals surface area contributed by atoms with Crippen LogP contribution in [0.3, 0.4) is 0 Å². The van der Waals surface area contributed by atoms with Crippen LogP contribution in [0.25, 0.3) is 0 Å². The lowest BCUT2D eigenvalue weighted by atomic mass is 10.2. The maximum absolute atomic E-state index is 12.0. The molecule has 0 radical (unpaired) electrons. The topological polar surface area (TPSA) is 41.6 Å². The summed E-state index contributed by atoms with van der Waals surface area (Å²) in [4.78, 5) is 14.1. The fourth-order valence-electron chi connectivity index (χ4n) is 2.19. The highest BCUT2D eigenvalue weighted by molar-refractivity contribution is 5.91. The van der Waals surface area contributed by atoms with Crippen molar-refractivity contribution in [2.45, 2.75) is 26.4 Å². The first-order chi connectivity index (χ1) is 11.0. The third-order valence-electron chi connectivity index (χ3n) is 3.38. The molecular formula is C19H24N2O2. The Bertz CT molecular complexity index is 609. The predicted octanol–water partition coefficient (Wildman–Crippen LogP) is 3.94. The van der Waals surface area contributed by atoms with Crippen molar-refractivity contribution in [1.82, 2.24) is 0 Å². The summed E-state index contributed by atoms with van der Waals surface area (Å²) in [5.41, 5.74) is 1.89. The lowest BCUT2D eigenvalue weighted by Gasteiger charge is -2.18. The van der Waals surface area contributed by atoms with Gasteiger partial charge < -0.3 is 15.0 Å². The van der Waals surface area contributed by atoms with Crippen LogP contribution in [0.2, 0.25) is 0 Å². The van der Waals surface area contributed by atoms with E-state index in [0.717, 1.165) is 17.1 Å². The number of para-hydroxylation sites is 1. The molecule has 122 valence electrons. The zero-order valence-electron chi connectivity index (χ0n) is 14.0. The summed E-state index contributed by atoms with van der Waals surface area (Å²) < 4.78 is 5.58. The molecule has 4 heteroatoms. The van der Waals surface area contributed by atoms with Gasteiger partial charge >= 0.3 is 0 Å². The van der Waals surface area contributed by atoms with Crippen LogP contribution in [-0.4, -0.2) is 25.6 Å². The average Bonchev–Trinajstić information content (AvgIpc) is 2.55. The number of anilines is 2. The minimum Gasteiger partial charge on any atom is -0.491 e. The van der Waals surface area contributed by atoms with Crippen LogP contribution in [0.5, 0.6) is 5.75 Å². The van der Waals surface area contributed by atoms with Gasteiger partial charge in [-0.2, -0.15) is 0 Å². The second kappa shape index (κ2) is 8.22. The normalized spacial score (nSPS) is 10.4. The molecule has 0 aromatic heterocycles. The summed E-state index contributed by atoms with van der Waals surface area (Å²) in [5.74, 6) is 0.812. The van der Waals surface area contributed by atoms with Gasteiger partial charge in [0.15, 0.2) is 0 Å². The molecule has 2 aromatic rings. The number of hydrogen-bond donors (Lipinski definition) is 1. The van der Waals surface area contributed by atoms with Gasteiger partial charge in [-0.25, -0.2) is 0 Å². The number of ether oxygens (including phenoxy) is 1. The smallest absolute Gasteiger partial charge is 0.226 e. The number of rotatable bonds is 7. The van der Waals surface area contributed by atoms with E-state index in [9.17, 15) is 4.79 Å². The fourth-order valence-corrected chi connectivity index (χ4v) is 2.19. The van der Waals surface area contributed by atoms with Crippen LogP contribution in [-0.2, 0) is 4.79 Å². The number of hydrogen-bond acceptors (Lipinski definition) is 3. The second-order valence-electron chi connectivity index (χ2n) is 5.75. The van der Waals surface area contributed by atoms with Crippen LogP contribution in [0.15, 0.2) is 54.6 Å². The summed E-state index contributed by atoms with van der Waals surface area (Å²) in [7, 11) is 1.99. The first kappa shape index (κ1) is 16.9. The van der Waals surface area contributed by atoms with E-state index < -0.39 is 0 Å². The standard InChI is InChI=1S/C19H24N2O2/c1-15(2)23-18-11-9-16(10-12-18)20-19(22)13-14-21(3)17-7-5-4-6-8-17/h4-12,15H,13-14H2,1-3H3,(H,20,22). The van der Waals surface area contributed by atoms with Gasteiger partial charge in [0, 0.05) is 31.4 Å². The van der Waals surface area contributed by atoms with E-state index in [1.54, 1.807) is 0 Å². The van der Waals surface area contributed by atoms with E-state index in [1.165, 1.54) is 0 Å². The van der Waals surface area contributed by atoms with Gasteiger partial charge in [-0.15, -0.1) is 0 Å². The third-order valence-corrected chi connectivity index (χ3v) is 3.38. The first-order valence-corrected chi connectivity index (χ1v) is 7.87. The molecule has 0 aliphatic carbocycles. The molecule has 0 saturated heterocycles. The van der Waals surface area contributed by atoms with Crippen LogP contribution in [0.4, 0.5) is 11.4 Å². The van der Waals surface area contributed by atoms with Crippen molar-refractivity contribution < 1.29 is 9.53 Å². The van der Waals surface area contributed by atoms with E-state index in [0.29, 0.717) is 13.0 Å². The number of benzene rings is 2. The molecule has 2 rings (SSSR count). The van der Waals surface area contributed by atoms with Crippen LogP contribution >= 0.6 is 0 Å². The van der Waals surface area contributed by atoms with E-state index >= 15 is 0 Å². The molecule has 0 spiro atoms. The van der Waals surface area contributed by atoms with Crippen molar-refractivity contribution in [3.8, 4) is 5.75 Å². The summed E-state index contributed by atoms with van der Waals surface area (Å²) in [6, 6.07) is 17.5. The largest absolute Gasteiger partial charge is 0.491 e. The molecule has 0 unspecified atom stereocenters. The molecular weight excluding hydrogens is 288 g/mol. The van der Waals surface area contributed by atoms with E-state index in [-0.39, 0.29) is 12.0 Å². The zero-order valence-corrected chi connectivity index (χ0v) is 14.0. The van der Waals surface area contributed by atoms with Crippen molar-refractivity contribution in [1.29, 1.82) is 0 Å². The van der Waals surface area contributed by atoms with Gasteiger partial charge in [0.25, 0.3) is 0 Å². The van der Waals surface area contributed by atoms with Crippen LogP contribution < -0.4 is 15.0 Å². The van der Waals surface area contributed by atoms with Crippen molar-refractivity contribution in [3.05, 3.63) is 54.6 Å². The SMILES string of the molecule is CC(C)Oc1ccc(NC(=O)CCN(C)c2ccccc2)cc1. The van der Waals surface area contributed by atoms with Gasteiger partial charge in [-0.1, -0.05) is 18.2 Å². The van der Waals surface area contributed by atoms with E-state index in [4.69, 9.17) is 4.74 Å². The molecule has 1 amide bonds. The number of carbonyl (C=O) groups is 1. The first-order valence-electron chi connectivity index (χ1n) is 7.87. The highest BCUT2D eigenvalue weighted by atomic mass is 16.5. The van der Waals surface area contributed by atoms with Gasteiger partial charge in [0.05, 0.1) is 6.10 Å². The number of nitrogens with one attached hydrogen (secondary N) is 1. The van der Waals surface area contributed by atoms with Crippen molar-refractivity contribution >= 4 is 17.3 Å². The summed E-state index contributed by atoms with van der Waals surface area (Å²) >= 11 is 0. The molecule has 4 nitrogen and oxygen atoms in total. The number of nitrogens with zero attached hydrogens (tertiary/aromatic N) is 1. The Morgan fingerprint density at radius 2 is 1.74 bits per heavy atom. The monoisotopic (exact) mass is 312 g/mol. The molecule has 0 atom stereocenters. The zero-order chi connectivity index (χ0) is 16.7. The van der Waals surface area contributed by atoms with Crippen molar-refractivity contribution in [2.75, 3.05) is 23.8 Å². The highest BCUT2D eigenvalue weighted by Crippen LogP contribution is 2.17. The lowest BCUT2D eigenvalue weighted by Crippen LogP contribution is -2.23. The maximum atomic E-state index is 12.0. The fraction of sp³-hybridized carbons (Fsp3) is 0.316. The van der Waals surface area contributed by atoms with Gasteiger partial charge in [-0.05, 0) is 50.2 Å². The quantitative estimate of drug-likeness (QED) is 0.842.